The van der Waals surface area contributed by atoms with Crippen molar-refractivity contribution >= 4 is 16.6 Å². The fourth-order valence-corrected chi connectivity index (χ4v) is 3.84. The van der Waals surface area contributed by atoms with E-state index in [2.05, 4.69) is 25.1 Å². The van der Waals surface area contributed by atoms with Gasteiger partial charge in [-0.1, -0.05) is 29.8 Å². The minimum atomic E-state index is 0.575. The van der Waals surface area contributed by atoms with E-state index >= 15 is 0 Å². The third-order valence-electron chi connectivity index (χ3n) is 4.60. The van der Waals surface area contributed by atoms with Crippen molar-refractivity contribution in [1.82, 2.24) is 4.98 Å². The van der Waals surface area contributed by atoms with Crippen LogP contribution in [-0.2, 0) is 6.42 Å². The molecule has 0 saturated heterocycles. The van der Waals surface area contributed by atoms with E-state index in [0.29, 0.717) is 11.8 Å². The second-order valence-corrected chi connectivity index (χ2v) is 6.02. The number of anilines is 1. The van der Waals surface area contributed by atoms with E-state index in [0.717, 1.165) is 29.4 Å². The number of benzene rings is 1. The van der Waals surface area contributed by atoms with Crippen LogP contribution in [0.3, 0.4) is 0 Å². The summed E-state index contributed by atoms with van der Waals surface area (Å²) in [6, 6.07) is 8.24. The lowest BCUT2D eigenvalue weighted by Gasteiger charge is -2.34. The van der Waals surface area contributed by atoms with Crippen molar-refractivity contribution in [3.63, 3.8) is 0 Å². The molecule has 2 aliphatic carbocycles. The lowest BCUT2D eigenvalue weighted by molar-refractivity contribution is 0.431. The summed E-state index contributed by atoms with van der Waals surface area (Å²) >= 11 is 0. The van der Waals surface area contributed by atoms with E-state index in [4.69, 9.17) is 10.7 Å². The summed E-state index contributed by atoms with van der Waals surface area (Å²) in [4.78, 5) is 4.92. The Kier molecular flexibility index (Phi) is 2.22. The first kappa shape index (κ1) is 11.0. The molecule has 2 bridgehead atoms. The average molecular weight is 250 g/mol. The first-order valence-corrected chi connectivity index (χ1v) is 7.06. The van der Waals surface area contributed by atoms with Crippen molar-refractivity contribution in [2.24, 2.45) is 5.92 Å². The number of para-hydroxylation sites is 1. The Bertz CT molecular complexity index is 700. The number of nitrogens with two attached hydrogens (primary N) is 1. The van der Waals surface area contributed by atoms with Crippen LogP contribution in [0.5, 0.6) is 0 Å². The number of hydrogen-bond donors (Lipinski definition) is 1. The Morgan fingerprint density at radius 2 is 2.05 bits per heavy atom. The fraction of sp³-hybridized carbons (Fsp3) is 0.353. The Labute approximate surface area is 113 Å². The van der Waals surface area contributed by atoms with Crippen molar-refractivity contribution in [3.8, 4) is 0 Å². The van der Waals surface area contributed by atoms with Crippen molar-refractivity contribution in [2.75, 3.05) is 5.73 Å². The van der Waals surface area contributed by atoms with E-state index in [1.807, 2.05) is 12.1 Å². The van der Waals surface area contributed by atoms with Crippen molar-refractivity contribution in [3.05, 3.63) is 47.2 Å². The largest absolute Gasteiger partial charge is 0.398 e. The average Bonchev–Trinajstić information content (AvgIpc) is 2.40. The van der Waals surface area contributed by atoms with Gasteiger partial charge in [-0.25, -0.2) is 0 Å². The quantitative estimate of drug-likeness (QED) is 0.722. The van der Waals surface area contributed by atoms with Crippen molar-refractivity contribution < 1.29 is 0 Å². The minimum Gasteiger partial charge on any atom is -0.398 e. The summed E-state index contributed by atoms with van der Waals surface area (Å²) in [7, 11) is 0. The molecule has 2 N–H and O–H groups in total. The zero-order chi connectivity index (χ0) is 13.0. The highest BCUT2D eigenvalue weighted by molar-refractivity contribution is 5.92. The third kappa shape index (κ3) is 1.59. The monoisotopic (exact) mass is 250 g/mol. The van der Waals surface area contributed by atoms with Crippen LogP contribution in [0.4, 0.5) is 5.69 Å². The maximum absolute atomic E-state index is 6.42. The van der Waals surface area contributed by atoms with Crippen LogP contribution in [0.2, 0.25) is 0 Å². The van der Waals surface area contributed by atoms with E-state index in [1.165, 1.54) is 23.3 Å². The molecule has 0 saturated carbocycles. The molecule has 2 atom stereocenters. The fourth-order valence-electron chi connectivity index (χ4n) is 3.84. The molecule has 1 aromatic heterocycles. The van der Waals surface area contributed by atoms with Gasteiger partial charge in [-0.05, 0) is 43.7 Å². The molecule has 2 aromatic rings. The van der Waals surface area contributed by atoms with E-state index < -0.39 is 0 Å². The molecule has 4 rings (SSSR count). The SMILES string of the molecule is CC1=C[C@@H]2Cc3c(nc4ccccc4c3N)[C@H](C1)C2. The van der Waals surface area contributed by atoms with Gasteiger partial charge in [0.25, 0.3) is 0 Å². The summed E-state index contributed by atoms with van der Waals surface area (Å²) in [5.41, 5.74) is 12.5. The van der Waals surface area contributed by atoms with Crippen LogP contribution in [0, 0.1) is 5.92 Å². The predicted octanol–water partition coefficient (Wildman–Crippen LogP) is 3.81. The normalized spacial score (nSPS) is 25.0. The summed E-state index contributed by atoms with van der Waals surface area (Å²) in [6.45, 7) is 2.24. The Morgan fingerprint density at radius 1 is 1.21 bits per heavy atom. The van der Waals surface area contributed by atoms with Gasteiger partial charge in [0, 0.05) is 22.7 Å². The molecule has 0 unspecified atom stereocenters. The number of hydrogen-bond acceptors (Lipinski definition) is 2. The highest BCUT2D eigenvalue weighted by Crippen LogP contribution is 2.45. The van der Waals surface area contributed by atoms with Gasteiger partial charge in [0.05, 0.1) is 5.52 Å². The van der Waals surface area contributed by atoms with Crippen LogP contribution in [0.1, 0.15) is 36.9 Å². The topological polar surface area (TPSA) is 38.9 Å². The Morgan fingerprint density at radius 3 is 2.95 bits per heavy atom. The van der Waals surface area contributed by atoms with E-state index in [9.17, 15) is 0 Å². The number of fused-ring (bicyclic) bond motifs is 5. The van der Waals surface area contributed by atoms with Crippen LogP contribution in [0.15, 0.2) is 35.9 Å². The predicted molar refractivity (Wildman–Crippen MR) is 79.1 cm³/mol. The molecule has 0 spiro atoms. The zero-order valence-electron chi connectivity index (χ0n) is 11.2. The smallest absolute Gasteiger partial charge is 0.0726 e. The zero-order valence-corrected chi connectivity index (χ0v) is 11.2. The highest BCUT2D eigenvalue weighted by atomic mass is 14.8. The van der Waals surface area contributed by atoms with Gasteiger partial charge in [-0.3, -0.25) is 4.98 Å². The maximum Gasteiger partial charge on any atom is 0.0726 e. The van der Waals surface area contributed by atoms with Gasteiger partial charge in [0.2, 0.25) is 0 Å². The molecule has 0 amide bonds. The number of aromatic nitrogens is 1. The van der Waals surface area contributed by atoms with Gasteiger partial charge in [-0.15, -0.1) is 0 Å². The molecular formula is C17H18N2. The van der Waals surface area contributed by atoms with Crippen molar-refractivity contribution in [2.45, 2.75) is 32.1 Å². The van der Waals surface area contributed by atoms with Crippen LogP contribution < -0.4 is 5.73 Å². The number of pyridine rings is 1. The van der Waals surface area contributed by atoms with Crippen LogP contribution >= 0.6 is 0 Å². The van der Waals surface area contributed by atoms with Crippen molar-refractivity contribution in [1.29, 1.82) is 0 Å². The number of nitrogens with zero attached hydrogens (tertiary/aromatic N) is 1. The third-order valence-corrected chi connectivity index (χ3v) is 4.60. The minimum absolute atomic E-state index is 0.575. The van der Waals surface area contributed by atoms with Gasteiger partial charge in [0.1, 0.15) is 0 Å². The summed E-state index contributed by atoms with van der Waals surface area (Å²) in [5.74, 6) is 1.24. The summed E-state index contributed by atoms with van der Waals surface area (Å²) in [6.07, 6.45) is 5.89. The molecule has 96 valence electrons. The lowest BCUT2D eigenvalue weighted by Crippen LogP contribution is -2.24. The molecule has 2 aliphatic rings. The molecule has 2 nitrogen and oxygen atoms in total. The summed E-state index contributed by atoms with van der Waals surface area (Å²) in [5, 5.41) is 1.11. The van der Waals surface area contributed by atoms with Crippen LogP contribution in [0.25, 0.3) is 10.9 Å². The van der Waals surface area contributed by atoms with E-state index in [-0.39, 0.29) is 0 Å². The van der Waals surface area contributed by atoms with Gasteiger partial charge in [0.15, 0.2) is 0 Å². The lowest BCUT2D eigenvalue weighted by atomic mass is 9.72. The van der Waals surface area contributed by atoms with Crippen LogP contribution in [-0.4, -0.2) is 4.98 Å². The number of nitrogen functional groups attached to an aromatic ring is 1. The first-order chi connectivity index (χ1) is 9.22. The number of rotatable bonds is 0. The molecule has 0 aliphatic heterocycles. The molecule has 0 fully saturated rings. The van der Waals surface area contributed by atoms with Gasteiger partial charge in [-0.2, -0.15) is 0 Å². The second kappa shape index (κ2) is 3.83. The second-order valence-electron chi connectivity index (χ2n) is 6.02. The molecule has 2 heteroatoms. The molecule has 1 aromatic carbocycles. The van der Waals surface area contributed by atoms with Gasteiger partial charge >= 0.3 is 0 Å². The maximum atomic E-state index is 6.42. The standard InChI is InChI=1S/C17H18N2/c1-10-6-11-8-12(7-10)17-14(9-11)16(18)13-4-2-3-5-15(13)19-17/h2-6,11-12H,7-9H2,1H3,(H2,18,19)/t11-,12+/m0/s1. The summed E-state index contributed by atoms with van der Waals surface area (Å²) < 4.78 is 0. The van der Waals surface area contributed by atoms with E-state index in [1.54, 1.807) is 0 Å². The Hall–Kier alpha value is -1.83. The molecular weight excluding hydrogens is 232 g/mol. The number of allylic oxidation sites excluding steroid dienone is 2. The first-order valence-electron chi connectivity index (χ1n) is 7.06. The molecule has 19 heavy (non-hydrogen) atoms. The van der Waals surface area contributed by atoms with Gasteiger partial charge < -0.3 is 5.73 Å². The molecule has 1 heterocycles. The Balaban J connectivity index is 1.98. The highest BCUT2D eigenvalue weighted by Gasteiger charge is 2.32. The molecule has 0 radical (unpaired) electrons.